The highest BCUT2D eigenvalue weighted by molar-refractivity contribution is 6.12. The highest BCUT2D eigenvalue weighted by Crippen LogP contribution is 2.44. The Morgan fingerprint density at radius 2 is 1.57 bits per heavy atom. The van der Waals surface area contributed by atoms with Crippen LogP contribution in [0.15, 0.2) is 71.3 Å². The first kappa shape index (κ1) is 18.2. The van der Waals surface area contributed by atoms with Crippen LogP contribution < -0.4 is 5.73 Å². The predicted molar refractivity (Wildman–Crippen MR) is 108 cm³/mol. The lowest BCUT2D eigenvalue weighted by Gasteiger charge is -2.33. The van der Waals surface area contributed by atoms with Crippen LogP contribution in [0.2, 0.25) is 0 Å². The summed E-state index contributed by atoms with van der Waals surface area (Å²) in [7, 11) is 0. The maximum absolute atomic E-state index is 13.4. The molecule has 2 aromatic rings. The van der Waals surface area contributed by atoms with Crippen LogP contribution in [0.4, 0.5) is 0 Å². The van der Waals surface area contributed by atoms with Gasteiger partial charge in [0, 0.05) is 24.0 Å². The molecule has 0 radical (unpaired) electrons. The summed E-state index contributed by atoms with van der Waals surface area (Å²) in [6.45, 7) is 3.98. The van der Waals surface area contributed by atoms with E-state index in [1.165, 1.54) is 0 Å². The number of carbonyl (C=O) groups is 2. The van der Waals surface area contributed by atoms with E-state index in [1.54, 1.807) is 12.1 Å². The van der Waals surface area contributed by atoms with Crippen LogP contribution >= 0.6 is 0 Å². The molecule has 1 aliphatic heterocycles. The van der Waals surface area contributed by atoms with E-state index in [0.29, 0.717) is 35.3 Å². The number of nitrogens with two attached hydrogens (primary N) is 1. The number of allylic oxidation sites excluding steroid dienone is 3. The second-order valence-corrected chi connectivity index (χ2v) is 7.53. The third-order valence-corrected chi connectivity index (χ3v) is 5.45. The van der Waals surface area contributed by atoms with Crippen LogP contribution in [0.1, 0.15) is 52.2 Å². The first-order valence-corrected chi connectivity index (χ1v) is 9.57. The van der Waals surface area contributed by atoms with Gasteiger partial charge in [-0.1, -0.05) is 59.7 Å². The SMILES string of the molecule is Cc1ccc(C(=O)C2=C(N)OC3=C(C(=O)CCC3)C2c2ccc(C)cc2)cc1. The molecule has 4 rings (SSSR count). The molecule has 4 heteroatoms. The Balaban J connectivity index is 1.87. The molecule has 1 unspecified atom stereocenters. The fourth-order valence-electron chi connectivity index (χ4n) is 3.93. The standard InChI is InChI=1S/C24H23NO3/c1-14-6-10-16(11-7-14)20-21-18(26)4-3-5-19(21)28-24(25)22(20)23(27)17-12-8-15(2)9-13-17/h6-13,20H,3-5,25H2,1-2H3. The van der Waals surface area contributed by atoms with Gasteiger partial charge in [0.15, 0.2) is 17.4 Å². The van der Waals surface area contributed by atoms with Crippen molar-refractivity contribution in [2.45, 2.75) is 39.0 Å². The van der Waals surface area contributed by atoms with Crippen LogP contribution in [0, 0.1) is 13.8 Å². The van der Waals surface area contributed by atoms with Crippen molar-refractivity contribution >= 4 is 11.6 Å². The van der Waals surface area contributed by atoms with Gasteiger partial charge in [-0.3, -0.25) is 9.59 Å². The summed E-state index contributed by atoms with van der Waals surface area (Å²) < 4.78 is 5.81. The zero-order chi connectivity index (χ0) is 19.8. The Morgan fingerprint density at radius 1 is 0.964 bits per heavy atom. The van der Waals surface area contributed by atoms with Gasteiger partial charge >= 0.3 is 0 Å². The molecule has 1 aliphatic carbocycles. The lowest BCUT2D eigenvalue weighted by atomic mass is 9.75. The number of ether oxygens (including phenoxy) is 1. The van der Waals surface area contributed by atoms with Gasteiger partial charge in [-0.25, -0.2) is 0 Å². The molecule has 0 fully saturated rings. The van der Waals surface area contributed by atoms with E-state index in [4.69, 9.17) is 10.5 Å². The summed E-state index contributed by atoms with van der Waals surface area (Å²) in [6, 6.07) is 15.3. The summed E-state index contributed by atoms with van der Waals surface area (Å²) in [5.74, 6) is 0.0527. The van der Waals surface area contributed by atoms with Crippen molar-refractivity contribution in [3.63, 3.8) is 0 Å². The Hall–Kier alpha value is -3.14. The maximum Gasteiger partial charge on any atom is 0.198 e. The van der Waals surface area contributed by atoms with E-state index in [9.17, 15) is 9.59 Å². The minimum absolute atomic E-state index is 0.0357. The number of ketones is 2. The second kappa shape index (κ2) is 7.12. The largest absolute Gasteiger partial charge is 0.445 e. The van der Waals surface area contributed by atoms with E-state index < -0.39 is 5.92 Å². The van der Waals surface area contributed by atoms with Crippen LogP contribution in [0.25, 0.3) is 0 Å². The number of hydrogen-bond acceptors (Lipinski definition) is 4. The summed E-state index contributed by atoms with van der Waals surface area (Å²) in [5, 5.41) is 0. The van der Waals surface area contributed by atoms with E-state index >= 15 is 0 Å². The molecule has 4 nitrogen and oxygen atoms in total. The zero-order valence-electron chi connectivity index (χ0n) is 16.1. The van der Waals surface area contributed by atoms with Crippen molar-refractivity contribution in [3.05, 3.63) is 93.6 Å². The van der Waals surface area contributed by atoms with Gasteiger partial charge in [-0.15, -0.1) is 0 Å². The summed E-state index contributed by atoms with van der Waals surface area (Å²) >= 11 is 0. The van der Waals surface area contributed by atoms with Gasteiger partial charge in [-0.2, -0.15) is 0 Å². The van der Waals surface area contributed by atoms with E-state index in [2.05, 4.69) is 0 Å². The van der Waals surface area contributed by atoms with Crippen molar-refractivity contribution < 1.29 is 14.3 Å². The van der Waals surface area contributed by atoms with Crippen LogP contribution in [-0.2, 0) is 9.53 Å². The summed E-state index contributed by atoms with van der Waals surface area (Å²) in [4.78, 5) is 26.2. The maximum atomic E-state index is 13.4. The number of carbonyl (C=O) groups excluding carboxylic acids is 2. The van der Waals surface area contributed by atoms with Crippen molar-refractivity contribution in [1.82, 2.24) is 0 Å². The molecule has 0 saturated carbocycles. The van der Waals surface area contributed by atoms with Gasteiger partial charge in [-0.05, 0) is 25.8 Å². The molecule has 1 atom stereocenters. The molecule has 28 heavy (non-hydrogen) atoms. The fourth-order valence-corrected chi connectivity index (χ4v) is 3.93. The number of aryl methyl sites for hydroxylation is 2. The van der Waals surface area contributed by atoms with Gasteiger partial charge in [0.25, 0.3) is 0 Å². The quantitative estimate of drug-likeness (QED) is 0.806. The Morgan fingerprint density at radius 3 is 2.21 bits per heavy atom. The van der Waals surface area contributed by atoms with Crippen molar-refractivity contribution in [2.24, 2.45) is 5.73 Å². The highest BCUT2D eigenvalue weighted by Gasteiger charge is 2.40. The minimum atomic E-state index is -0.494. The zero-order valence-corrected chi connectivity index (χ0v) is 16.1. The third-order valence-electron chi connectivity index (χ3n) is 5.45. The lowest BCUT2D eigenvalue weighted by molar-refractivity contribution is -0.116. The van der Waals surface area contributed by atoms with Crippen LogP contribution in [-0.4, -0.2) is 11.6 Å². The molecule has 0 bridgehead atoms. The fraction of sp³-hybridized carbons (Fsp3) is 0.250. The van der Waals surface area contributed by atoms with Crippen LogP contribution in [0.5, 0.6) is 0 Å². The van der Waals surface area contributed by atoms with Gasteiger partial charge in [0.2, 0.25) is 0 Å². The molecule has 2 aromatic carbocycles. The molecule has 0 aromatic heterocycles. The van der Waals surface area contributed by atoms with Crippen molar-refractivity contribution in [2.75, 3.05) is 0 Å². The molecule has 2 N–H and O–H groups in total. The van der Waals surface area contributed by atoms with Gasteiger partial charge in [0.05, 0.1) is 11.5 Å². The number of benzene rings is 2. The molecule has 0 amide bonds. The minimum Gasteiger partial charge on any atom is -0.445 e. The van der Waals surface area contributed by atoms with E-state index in [1.807, 2.05) is 50.2 Å². The average molecular weight is 373 g/mol. The average Bonchev–Trinajstić information content (AvgIpc) is 2.68. The van der Waals surface area contributed by atoms with Crippen LogP contribution in [0.3, 0.4) is 0 Å². The first-order chi connectivity index (χ1) is 13.5. The van der Waals surface area contributed by atoms with Gasteiger partial charge in [0.1, 0.15) is 5.76 Å². The van der Waals surface area contributed by atoms with Crippen molar-refractivity contribution in [3.8, 4) is 0 Å². The number of Topliss-reactive ketones (excluding diaryl/α,β-unsaturated/α-hetero) is 2. The molecule has 0 saturated heterocycles. The molecule has 1 heterocycles. The van der Waals surface area contributed by atoms with E-state index in [-0.39, 0.29) is 17.4 Å². The Kier molecular flexibility index (Phi) is 4.63. The summed E-state index contributed by atoms with van der Waals surface area (Å²) in [6.07, 6.45) is 1.87. The molecule has 142 valence electrons. The van der Waals surface area contributed by atoms with E-state index in [0.717, 1.165) is 23.1 Å². The topological polar surface area (TPSA) is 69.4 Å². The molecular formula is C24H23NO3. The first-order valence-electron chi connectivity index (χ1n) is 9.57. The second-order valence-electron chi connectivity index (χ2n) is 7.53. The van der Waals surface area contributed by atoms with Gasteiger partial charge < -0.3 is 10.5 Å². The molecular weight excluding hydrogens is 350 g/mol. The Bertz CT molecular complexity index is 1010. The molecule has 0 spiro atoms. The number of hydrogen-bond donors (Lipinski definition) is 1. The lowest BCUT2D eigenvalue weighted by Crippen LogP contribution is -2.30. The Labute approximate surface area is 164 Å². The monoisotopic (exact) mass is 373 g/mol. The predicted octanol–water partition coefficient (Wildman–Crippen LogP) is 4.48. The summed E-state index contributed by atoms with van der Waals surface area (Å²) in [5.41, 5.74) is 10.8. The number of rotatable bonds is 3. The third kappa shape index (κ3) is 3.15. The smallest absolute Gasteiger partial charge is 0.198 e. The highest BCUT2D eigenvalue weighted by atomic mass is 16.5. The molecule has 2 aliphatic rings. The normalized spacial score (nSPS) is 19.4. The van der Waals surface area contributed by atoms with Crippen molar-refractivity contribution in [1.29, 1.82) is 0 Å².